The third kappa shape index (κ3) is 3.07. The molecule has 0 aromatic carbocycles. The number of hydrogen-bond donors (Lipinski definition) is 2. The fourth-order valence-electron chi connectivity index (χ4n) is 5.51. The average molecular weight is 360 g/mol. The van der Waals surface area contributed by atoms with Gasteiger partial charge < -0.3 is 15.2 Å². The van der Waals surface area contributed by atoms with Crippen LogP contribution in [0.4, 0.5) is 0 Å². The highest BCUT2D eigenvalue weighted by molar-refractivity contribution is 5.80. The molecule has 26 heavy (non-hydrogen) atoms. The van der Waals surface area contributed by atoms with Crippen LogP contribution < -0.4 is 5.32 Å². The maximum atomic E-state index is 13.1. The molecule has 1 aromatic heterocycles. The Labute approximate surface area is 156 Å². The molecule has 0 saturated carbocycles. The minimum absolute atomic E-state index is 0.000591. The number of aromatic nitrogens is 2. The van der Waals surface area contributed by atoms with Gasteiger partial charge in [0.1, 0.15) is 5.82 Å². The summed E-state index contributed by atoms with van der Waals surface area (Å²) in [6.45, 7) is 9.15. The Morgan fingerprint density at radius 1 is 1.31 bits per heavy atom. The summed E-state index contributed by atoms with van der Waals surface area (Å²) in [5.41, 5.74) is 2.46. The van der Waals surface area contributed by atoms with Crippen LogP contribution in [0.2, 0.25) is 0 Å². The van der Waals surface area contributed by atoms with Crippen molar-refractivity contribution in [2.75, 3.05) is 39.8 Å². The molecule has 4 rings (SSSR count). The number of likely N-dealkylation sites (N-methyl/N-ethyl adjacent to an activating group) is 1. The minimum atomic E-state index is -0.000591. The molecule has 144 valence electrons. The first-order valence-corrected chi connectivity index (χ1v) is 10.3. The Balaban J connectivity index is 1.46. The van der Waals surface area contributed by atoms with Crippen LogP contribution in [0.1, 0.15) is 55.7 Å². The number of hydrogen-bond acceptors (Lipinski definition) is 4. The predicted molar refractivity (Wildman–Crippen MR) is 102 cm³/mol. The second kappa shape index (κ2) is 6.97. The molecule has 6 nitrogen and oxygen atoms in total. The van der Waals surface area contributed by atoms with E-state index >= 15 is 0 Å². The highest BCUT2D eigenvalue weighted by Gasteiger charge is 2.45. The molecule has 3 aliphatic rings. The first-order chi connectivity index (χ1) is 12.5. The second-order valence-electron chi connectivity index (χ2n) is 8.62. The van der Waals surface area contributed by atoms with Gasteiger partial charge in [-0.15, -0.1) is 0 Å². The summed E-state index contributed by atoms with van der Waals surface area (Å²) in [6.07, 6.45) is 5.92. The minimum Gasteiger partial charge on any atom is -0.354 e. The van der Waals surface area contributed by atoms with Crippen LogP contribution >= 0.6 is 0 Å². The lowest BCUT2D eigenvalue weighted by Crippen LogP contribution is -2.49. The van der Waals surface area contributed by atoms with Crippen LogP contribution in [-0.4, -0.2) is 71.0 Å². The lowest BCUT2D eigenvalue weighted by Gasteiger charge is -2.33. The molecule has 0 radical (unpaired) electrons. The van der Waals surface area contributed by atoms with Gasteiger partial charge in [0, 0.05) is 43.2 Å². The molecule has 1 amide bonds. The van der Waals surface area contributed by atoms with E-state index in [0.717, 1.165) is 43.3 Å². The van der Waals surface area contributed by atoms with Crippen LogP contribution in [0.15, 0.2) is 0 Å². The Morgan fingerprint density at radius 2 is 2.04 bits per heavy atom. The zero-order valence-electron chi connectivity index (χ0n) is 16.5. The summed E-state index contributed by atoms with van der Waals surface area (Å²) in [6, 6.07) is 0. The van der Waals surface area contributed by atoms with E-state index in [9.17, 15) is 4.79 Å². The predicted octanol–water partition coefficient (Wildman–Crippen LogP) is 1.67. The van der Waals surface area contributed by atoms with Crippen LogP contribution in [0, 0.1) is 12.8 Å². The van der Waals surface area contributed by atoms with E-state index in [0.29, 0.717) is 0 Å². The van der Waals surface area contributed by atoms with Crippen molar-refractivity contribution in [1.29, 1.82) is 0 Å². The number of fused-ring (bicyclic) bond motifs is 1. The highest BCUT2D eigenvalue weighted by atomic mass is 16.2. The zero-order chi connectivity index (χ0) is 18.3. The summed E-state index contributed by atoms with van der Waals surface area (Å²) < 4.78 is 0. The Hall–Kier alpha value is -1.40. The largest absolute Gasteiger partial charge is 0.354 e. The molecule has 6 heteroatoms. The van der Waals surface area contributed by atoms with Crippen molar-refractivity contribution in [3.8, 4) is 0 Å². The molecule has 1 aromatic rings. The first kappa shape index (κ1) is 18.0. The van der Waals surface area contributed by atoms with Gasteiger partial charge in [0.25, 0.3) is 0 Å². The number of nitrogens with one attached hydrogen (secondary N) is 2. The number of likely N-dealkylation sites (tertiary alicyclic amines) is 1. The number of aromatic amines is 1. The first-order valence-electron chi connectivity index (χ1n) is 10.3. The maximum absolute atomic E-state index is 13.1. The van der Waals surface area contributed by atoms with Gasteiger partial charge >= 0.3 is 0 Å². The van der Waals surface area contributed by atoms with Crippen LogP contribution in [-0.2, 0) is 11.2 Å². The van der Waals surface area contributed by atoms with Crippen LogP contribution in [0.25, 0.3) is 0 Å². The number of carbonyl (C=O) groups excluding carboxylic acids is 1. The molecule has 3 fully saturated rings. The molecule has 0 spiro atoms. The number of aryl methyl sites for hydroxylation is 2. The van der Waals surface area contributed by atoms with Crippen molar-refractivity contribution in [2.24, 2.45) is 5.92 Å². The Kier molecular flexibility index (Phi) is 4.82. The Morgan fingerprint density at radius 3 is 2.69 bits per heavy atom. The third-order valence-electron chi connectivity index (χ3n) is 6.90. The van der Waals surface area contributed by atoms with E-state index in [4.69, 9.17) is 4.98 Å². The van der Waals surface area contributed by atoms with Crippen LogP contribution in [0.5, 0.6) is 0 Å². The molecule has 0 aliphatic carbocycles. The van der Waals surface area contributed by atoms with Crippen molar-refractivity contribution >= 4 is 5.91 Å². The van der Waals surface area contributed by atoms with Crippen LogP contribution in [0.3, 0.4) is 0 Å². The van der Waals surface area contributed by atoms with Gasteiger partial charge in [0.2, 0.25) is 5.91 Å². The Bertz CT molecular complexity index is 659. The van der Waals surface area contributed by atoms with E-state index in [-0.39, 0.29) is 23.3 Å². The topological polar surface area (TPSA) is 64.3 Å². The molecule has 0 bridgehead atoms. The second-order valence-corrected chi connectivity index (χ2v) is 8.62. The number of nitrogens with zero attached hydrogens (tertiary/aromatic N) is 3. The molecule has 2 atom stereocenters. The van der Waals surface area contributed by atoms with Gasteiger partial charge in [-0.3, -0.25) is 9.69 Å². The van der Waals surface area contributed by atoms with Gasteiger partial charge in [-0.2, -0.15) is 0 Å². The average Bonchev–Trinajstić information content (AvgIpc) is 3.34. The lowest BCUT2D eigenvalue weighted by molar-refractivity contribution is -0.125. The van der Waals surface area contributed by atoms with E-state index in [1.54, 1.807) is 0 Å². The van der Waals surface area contributed by atoms with Gasteiger partial charge in [0.05, 0.1) is 11.6 Å². The summed E-state index contributed by atoms with van der Waals surface area (Å²) in [7, 11) is 2.11. The van der Waals surface area contributed by atoms with Gasteiger partial charge in [-0.05, 0) is 52.7 Å². The van der Waals surface area contributed by atoms with Gasteiger partial charge in [-0.25, -0.2) is 4.98 Å². The lowest BCUT2D eigenvalue weighted by atomic mass is 9.90. The molecular formula is C20H33N5O. The van der Waals surface area contributed by atoms with E-state index < -0.39 is 0 Å². The van der Waals surface area contributed by atoms with E-state index in [1.165, 1.54) is 38.8 Å². The zero-order valence-corrected chi connectivity index (χ0v) is 16.5. The van der Waals surface area contributed by atoms with E-state index in [1.807, 2.05) is 0 Å². The van der Waals surface area contributed by atoms with Crippen molar-refractivity contribution in [2.45, 2.75) is 57.4 Å². The number of rotatable bonds is 5. The van der Waals surface area contributed by atoms with Crippen molar-refractivity contribution in [3.63, 3.8) is 0 Å². The van der Waals surface area contributed by atoms with E-state index in [2.05, 4.69) is 41.0 Å². The normalized spacial score (nSPS) is 28.6. The van der Waals surface area contributed by atoms with Crippen molar-refractivity contribution in [1.82, 2.24) is 25.1 Å². The maximum Gasteiger partial charge on any atom is 0.225 e. The fraction of sp³-hybridized carbons (Fsp3) is 0.800. The monoisotopic (exact) mass is 359 g/mol. The van der Waals surface area contributed by atoms with Gasteiger partial charge in [-0.1, -0.05) is 6.92 Å². The summed E-state index contributed by atoms with van der Waals surface area (Å²) in [5.74, 6) is 1.43. The molecule has 4 heterocycles. The van der Waals surface area contributed by atoms with Crippen molar-refractivity contribution < 1.29 is 4.79 Å². The summed E-state index contributed by atoms with van der Waals surface area (Å²) >= 11 is 0. The number of H-pyrrole nitrogens is 1. The number of carbonyl (C=O) groups is 1. The number of imidazole rings is 1. The fourth-order valence-corrected chi connectivity index (χ4v) is 5.51. The highest BCUT2D eigenvalue weighted by Crippen LogP contribution is 2.38. The van der Waals surface area contributed by atoms with Gasteiger partial charge in [0.15, 0.2) is 0 Å². The molecule has 0 unspecified atom stereocenters. The summed E-state index contributed by atoms with van der Waals surface area (Å²) in [5, 5.41) is 3.34. The standard InChI is InChI=1S/C20H33N5O/c1-4-17-22-14(2)18(23-17)15-11-24(3)12-16(15)19(26)21-13-20-7-5-9-25(20)10-6-8-20/h15-16H,4-13H2,1-3H3,(H,21,26)(H,22,23)/t15-,16-/m0/s1. The molecular weight excluding hydrogens is 326 g/mol. The molecule has 3 saturated heterocycles. The smallest absolute Gasteiger partial charge is 0.225 e. The number of amides is 1. The molecule has 2 N–H and O–H groups in total. The van der Waals surface area contributed by atoms with Crippen molar-refractivity contribution in [3.05, 3.63) is 17.2 Å². The molecule has 3 aliphatic heterocycles. The summed E-state index contributed by atoms with van der Waals surface area (Å²) in [4.78, 5) is 26.2. The SMILES string of the molecule is CCc1nc([C@H]2CN(C)C[C@@H]2C(=O)NCC23CCCN2CCC3)c(C)[nH]1. The quantitative estimate of drug-likeness (QED) is 0.839. The third-order valence-corrected chi connectivity index (χ3v) is 6.90.